The Labute approximate surface area is 175 Å². The van der Waals surface area contributed by atoms with E-state index < -0.39 is 6.23 Å². The average molecular weight is 394 g/mol. The van der Waals surface area contributed by atoms with Gasteiger partial charge < -0.3 is 10.1 Å². The molecule has 2 aromatic heterocycles. The quantitative estimate of drug-likeness (QED) is 0.250. The van der Waals surface area contributed by atoms with Crippen molar-refractivity contribution < 1.29 is 5.11 Å². The van der Waals surface area contributed by atoms with E-state index in [0.717, 1.165) is 22.5 Å². The van der Waals surface area contributed by atoms with Gasteiger partial charge in [-0.05, 0) is 53.6 Å². The Morgan fingerprint density at radius 1 is 1.10 bits per heavy atom. The van der Waals surface area contributed by atoms with Crippen LogP contribution < -0.4 is 5.32 Å². The number of fused-ring (bicyclic) bond motifs is 1. The van der Waals surface area contributed by atoms with E-state index in [4.69, 9.17) is 5.26 Å². The number of aromatic nitrogens is 2. The number of nitrogens with one attached hydrogen (secondary N) is 2. The van der Waals surface area contributed by atoms with E-state index in [2.05, 4.69) is 45.6 Å². The Hall–Kier alpha value is -3.62. The van der Waals surface area contributed by atoms with Gasteiger partial charge in [0.05, 0.1) is 11.4 Å². The van der Waals surface area contributed by atoms with Crippen molar-refractivity contribution in [1.82, 2.24) is 15.3 Å². The third-order valence-corrected chi connectivity index (χ3v) is 5.71. The summed E-state index contributed by atoms with van der Waals surface area (Å²) in [4.78, 5) is 8.23. The molecular formula is C25H22N4O. The fourth-order valence-electron chi connectivity index (χ4n) is 4.04. The van der Waals surface area contributed by atoms with Gasteiger partial charge in [0, 0.05) is 23.0 Å². The second kappa shape index (κ2) is 7.66. The standard InChI is InChI=1S/C25H22N4O/c26-15-27-25(30)22-8-4-7-19(28-22)14-21-20-12-11-18(16-9-10-16)13-23(20)29-24(21)17-5-2-1-3-6-17/h1-8,11-13,16,25,27,29-30H,9-10,14H2. The summed E-state index contributed by atoms with van der Waals surface area (Å²) in [7, 11) is 0. The molecule has 1 atom stereocenters. The molecule has 3 N–H and O–H groups in total. The van der Waals surface area contributed by atoms with Crippen LogP contribution in [-0.4, -0.2) is 15.1 Å². The van der Waals surface area contributed by atoms with E-state index in [-0.39, 0.29) is 0 Å². The molecular weight excluding hydrogens is 372 g/mol. The maximum atomic E-state index is 10.1. The van der Waals surface area contributed by atoms with Gasteiger partial charge in [0.25, 0.3) is 0 Å². The van der Waals surface area contributed by atoms with Crippen molar-refractivity contribution >= 4 is 10.9 Å². The molecule has 2 aromatic carbocycles. The number of hydrogen-bond donors (Lipinski definition) is 3. The molecule has 0 radical (unpaired) electrons. The lowest BCUT2D eigenvalue weighted by Crippen LogP contribution is -2.16. The SMILES string of the molecule is N#CNC(O)c1cccc(Cc2c(-c3ccccc3)[nH]c3cc(C4CC4)ccc23)n1. The predicted molar refractivity (Wildman–Crippen MR) is 116 cm³/mol. The van der Waals surface area contributed by atoms with E-state index in [0.29, 0.717) is 18.0 Å². The molecule has 1 unspecified atom stereocenters. The summed E-state index contributed by atoms with van der Waals surface area (Å²) in [6, 6.07) is 22.6. The van der Waals surface area contributed by atoms with Crippen LogP contribution >= 0.6 is 0 Å². The second-order valence-corrected chi connectivity index (χ2v) is 7.81. The predicted octanol–water partition coefficient (Wildman–Crippen LogP) is 4.76. The van der Waals surface area contributed by atoms with Crippen LogP contribution in [0, 0.1) is 11.5 Å². The van der Waals surface area contributed by atoms with Crippen molar-refractivity contribution in [3.8, 4) is 17.5 Å². The first-order valence-corrected chi connectivity index (χ1v) is 10.2. The van der Waals surface area contributed by atoms with Crippen molar-refractivity contribution in [3.05, 3.63) is 89.2 Å². The lowest BCUT2D eigenvalue weighted by Gasteiger charge is -2.10. The van der Waals surface area contributed by atoms with E-state index in [1.54, 1.807) is 12.3 Å². The summed E-state index contributed by atoms with van der Waals surface area (Å²) in [5.41, 5.74) is 7.25. The van der Waals surface area contributed by atoms with Crippen molar-refractivity contribution in [2.75, 3.05) is 0 Å². The zero-order chi connectivity index (χ0) is 20.5. The molecule has 0 amide bonds. The first-order valence-electron chi connectivity index (χ1n) is 10.2. The van der Waals surface area contributed by atoms with Gasteiger partial charge in [-0.2, -0.15) is 5.26 Å². The first kappa shape index (κ1) is 18.4. The van der Waals surface area contributed by atoms with Crippen LogP contribution in [0.1, 0.15) is 47.5 Å². The molecule has 4 aromatic rings. The van der Waals surface area contributed by atoms with Crippen molar-refractivity contribution in [3.63, 3.8) is 0 Å². The van der Waals surface area contributed by atoms with E-state index in [1.807, 2.05) is 30.3 Å². The number of H-pyrrole nitrogens is 1. The summed E-state index contributed by atoms with van der Waals surface area (Å²) in [6.07, 6.45) is 3.84. The largest absolute Gasteiger partial charge is 0.368 e. The van der Waals surface area contributed by atoms with Gasteiger partial charge in [0.1, 0.15) is 0 Å². The molecule has 0 aliphatic heterocycles. The summed E-state index contributed by atoms with van der Waals surface area (Å²) in [5.74, 6) is 0.703. The Balaban J connectivity index is 1.59. The van der Waals surface area contributed by atoms with E-state index >= 15 is 0 Å². The number of nitrogens with zero attached hydrogens (tertiary/aromatic N) is 2. The minimum absolute atomic E-state index is 0.436. The number of hydrogen-bond acceptors (Lipinski definition) is 4. The third kappa shape index (κ3) is 3.54. The number of aliphatic hydroxyl groups excluding tert-OH is 1. The molecule has 1 aliphatic rings. The molecule has 2 heterocycles. The number of aliphatic hydroxyl groups is 1. The molecule has 5 rings (SSSR count). The van der Waals surface area contributed by atoms with Gasteiger partial charge >= 0.3 is 0 Å². The second-order valence-electron chi connectivity index (χ2n) is 7.81. The number of rotatable bonds is 6. The minimum Gasteiger partial charge on any atom is -0.368 e. The van der Waals surface area contributed by atoms with Gasteiger partial charge in [-0.3, -0.25) is 10.3 Å². The summed E-state index contributed by atoms with van der Waals surface area (Å²) in [6.45, 7) is 0. The first-order chi connectivity index (χ1) is 14.7. The monoisotopic (exact) mass is 394 g/mol. The molecule has 1 fully saturated rings. The van der Waals surface area contributed by atoms with E-state index in [1.165, 1.54) is 29.4 Å². The number of nitriles is 1. The molecule has 1 saturated carbocycles. The summed E-state index contributed by atoms with van der Waals surface area (Å²) >= 11 is 0. The number of aromatic amines is 1. The van der Waals surface area contributed by atoms with Crippen molar-refractivity contribution in [2.45, 2.75) is 31.4 Å². The van der Waals surface area contributed by atoms with Crippen LogP contribution in [0.2, 0.25) is 0 Å². The van der Waals surface area contributed by atoms with Gasteiger partial charge in [0.15, 0.2) is 12.4 Å². The highest BCUT2D eigenvalue weighted by atomic mass is 16.3. The Morgan fingerprint density at radius 3 is 2.70 bits per heavy atom. The van der Waals surface area contributed by atoms with Gasteiger partial charge in [0.2, 0.25) is 0 Å². The fourth-order valence-corrected chi connectivity index (χ4v) is 4.04. The van der Waals surface area contributed by atoms with Gasteiger partial charge in [-0.1, -0.05) is 48.5 Å². The third-order valence-electron chi connectivity index (χ3n) is 5.71. The lowest BCUT2D eigenvalue weighted by atomic mass is 9.99. The maximum Gasteiger partial charge on any atom is 0.179 e. The topological polar surface area (TPSA) is 84.7 Å². The molecule has 30 heavy (non-hydrogen) atoms. The summed E-state index contributed by atoms with van der Waals surface area (Å²) < 4.78 is 0. The Bertz CT molecular complexity index is 1240. The number of benzene rings is 2. The fraction of sp³-hybridized carbons (Fsp3) is 0.200. The van der Waals surface area contributed by atoms with Crippen molar-refractivity contribution in [1.29, 1.82) is 5.26 Å². The minimum atomic E-state index is -1.10. The van der Waals surface area contributed by atoms with Crippen LogP contribution in [0.4, 0.5) is 0 Å². The van der Waals surface area contributed by atoms with Gasteiger partial charge in [-0.15, -0.1) is 0 Å². The highest BCUT2D eigenvalue weighted by Gasteiger charge is 2.24. The molecule has 5 nitrogen and oxygen atoms in total. The van der Waals surface area contributed by atoms with Crippen LogP contribution in [0.3, 0.4) is 0 Å². The van der Waals surface area contributed by atoms with Gasteiger partial charge in [-0.25, -0.2) is 0 Å². The zero-order valence-corrected chi connectivity index (χ0v) is 16.5. The highest BCUT2D eigenvalue weighted by molar-refractivity contribution is 5.91. The highest BCUT2D eigenvalue weighted by Crippen LogP contribution is 2.42. The normalized spacial score (nSPS) is 14.4. The average Bonchev–Trinajstić information content (AvgIpc) is 3.57. The Kier molecular flexibility index (Phi) is 4.70. The zero-order valence-electron chi connectivity index (χ0n) is 16.5. The molecule has 0 spiro atoms. The van der Waals surface area contributed by atoms with Crippen LogP contribution in [0.5, 0.6) is 0 Å². The molecule has 5 heteroatoms. The molecule has 148 valence electrons. The van der Waals surface area contributed by atoms with Crippen LogP contribution in [0.15, 0.2) is 66.7 Å². The van der Waals surface area contributed by atoms with Crippen molar-refractivity contribution in [2.24, 2.45) is 0 Å². The van der Waals surface area contributed by atoms with Crippen LogP contribution in [0.25, 0.3) is 22.2 Å². The van der Waals surface area contributed by atoms with E-state index in [9.17, 15) is 5.11 Å². The smallest absolute Gasteiger partial charge is 0.179 e. The lowest BCUT2D eigenvalue weighted by molar-refractivity contribution is 0.154. The molecule has 0 bridgehead atoms. The molecule has 0 saturated heterocycles. The summed E-state index contributed by atoms with van der Waals surface area (Å²) in [5, 5.41) is 22.4. The number of pyridine rings is 1. The maximum absolute atomic E-state index is 10.1. The van der Waals surface area contributed by atoms with Crippen LogP contribution in [-0.2, 0) is 6.42 Å². The molecule has 1 aliphatic carbocycles. The Morgan fingerprint density at radius 2 is 1.93 bits per heavy atom.